The maximum Gasteiger partial charge on any atom is 0.253 e. The molecule has 3 aromatic rings. The Balaban J connectivity index is 1.85. The molecule has 7 nitrogen and oxygen atoms in total. The third-order valence-corrected chi connectivity index (χ3v) is 3.33. The number of carbonyl (C=O) groups is 1. The van der Waals surface area contributed by atoms with Crippen molar-refractivity contribution in [3.8, 4) is 5.69 Å². The summed E-state index contributed by atoms with van der Waals surface area (Å²) in [7, 11) is 0. The van der Waals surface area contributed by atoms with Gasteiger partial charge in [-0.25, -0.2) is 14.6 Å². The lowest BCUT2D eigenvalue weighted by Crippen LogP contribution is -2.24. The summed E-state index contributed by atoms with van der Waals surface area (Å²) < 4.78 is 2.41. The van der Waals surface area contributed by atoms with Gasteiger partial charge in [0.25, 0.3) is 5.91 Å². The molecule has 0 bridgehead atoms. The normalized spacial score (nSPS) is 10.5. The van der Waals surface area contributed by atoms with Gasteiger partial charge in [0.2, 0.25) is 0 Å². The first kappa shape index (κ1) is 13.5. The summed E-state index contributed by atoms with van der Waals surface area (Å²) in [6.07, 6.45) is 6.32. The van der Waals surface area contributed by atoms with Crippen LogP contribution >= 0.6 is 15.9 Å². The standard InChI is InChI=1S/C13H11BrN6O/c14-9-1-2-10(11(5-9)20-8-15-7-19-20)13(21)18-6-12-16-3-4-17-12/h1-5,7-8H,6H2,(H,16,17)(H,18,21). The van der Waals surface area contributed by atoms with Crippen LogP contribution in [0.2, 0.25) is 0 Å². The van der Waals surface area contributed by atoms with Crippen molar-refractivity contribution in [2.45, 2.75) is 6.54 Å². The number of carbonyl (C=O) groups excluding carboxylic acids is 1. The molecule has 0 fully saturated rings. The number of hydrogen-bond donors (Lipinski definition) is 2. The Labute approximate surface area is 128 Å². The van der Waals surface area contributed by atoms with Gasteiger partial charge in [0.05, 0.1) is 17.8 Å². The molecule has 0 saturated carbocycles. The largest absolute Gasteiger partial charge is 0.347 e. The van der Waals surface area contributed by atoms with Gasteiger partial charge in [-0.2, -0.15) is 5.10 Å². The molecule has 0 radical (unpaired) electrons. The molecule has 0 aliphatic carbocycles. The van der Waals surface area contributed by atoms with Crippen LogP contribution in [0.5, 0.6) is 0 Å². The number of benzene rings is 1. The van der Waals surface area contributed by atoms with E-state index in [1.54, 1.807) is 29.5 Å². The lowest BCUT2D eigenvalue weighted by atomic mass is 10.1. The van der Waals surface area contributed by atoms with Crippen LogP contribution in [0.25, 0.3) is 5.69 Å². The molecular formula is C13H11BrN6O. The third-order valence-electron chi connectivity index (χ3n) is 2.84. The molecule has 2 heterocycles. The number of rotatable bonds is 4. The second-order valence-corrected chi connectivity index (χ2v) is 5.14. The Kier molecular flexibility index (Phi) is 3.78. The van der Waals surface area contributed by atoms with Crippen LogP contribution in [-0.2, 0) is 6.54 Å². The number of nitrogens with one attached hydrogen (secondary N) is 2. The molecule has 1 aromatic carbocycles. The second kappa shape index (κ2) is 5.88. The first-order chi connectivity index (χ1) is 10.2. The van der Waals surface area contributed by atoms with Gasteiger partial charge in [0.1, 0.15) is 18.5 Å². The third kappa shape index (κ3) is 3.00. The molecular weight excluding hydrogens is 336 g/mol. The van der Waals surface area contributed by atoms with E-state index >= 15 is 0 Å². The highest BCUT2D eigenvalue weighted by molar-refractivity contribution is 9.10. The van der Waals surface area contributed by atoms with Crippen molar-refractivity contribution >= 4 is 21.8 Å². The van der Waals surface area contributed by atoms with Crippen LogP contribution in [0.15, 0.2) is 47.7 Å². The first-order valence-corrected chi connectivity index (χ1v) is 6.94. The fourth-order valence-corrected chi connectivity index (χ4v) is 2.22. The molecule has 0 aliphatic heterocycles. The number of halogens is 1. The molecule has 0 saturated heterocycles. The van der Waals surface area contributed by atoms with Crippen LogP contribution < -0.4 is 5.32 Å². The summed E-state index contributed by atoms with van der Waals surface area (Å²) >= 11 is 3.39. The number of H-pyrrole nitrogens is 1. The molecule has 3 rings (SSSR count). The van der Waals surface area contributed by atoms with Crippen molar-refractivity contribution < 1.29 is 4.79 Å². The molecule has 0 aliphatic rings. The fraction of sp³-hybridized carbons (Fsp3) is 0.0769. The number of aromatic amines is 1. The maximum atomic E-state index is 12.3. The molecule has 0 atom stereocenters. The minimum Gasteiger partial charge on any atom is -0.347 e. The molecule has 21 heavy (non-hydrogen) atoms. The molecule has 2 aromatic heterocycles. The highest BCUT2D eigenvalue weighted by Crippen LogP contribution is 2.19. The summed E-state index contributed by atoms with van der Waals surface area (Å²) in [5.41, 5.74) is 1.16. The Bertz CT molecular complexity index is 738. The van der Waals surface area contributed by atoms with Gasteiger partial charge >= 0.3 is 0 Å². The van der Waals surface area contributed by atoms with Crippen LogP contribution in [-0.4, -0.2) is 30.6 Å². The minimum atomic E-state index is -0.204. The Morgan fingerprint density at radius 2 is 2.33 bits per heavy atom. The fourth-order valence-electron chi connectivity index (χ4n) is 1.87. The van der Waals surface area contributed by atoms with Crippen LogP contribution in [0.3, 0.4) is 0 Å². The topological polar surface area (TPSA) is 88.5 Å². The number of nitrogens with zero attached hydrogens (tertiary/aromatic N) is 4. The van der Waals surface area contributed by atoms with Gasteiger partial charge in [-0.3, -0.25) is 4.79 Å². The Morgan fingerprint density at radius 3 is 3.05 bits per heavy atom. The van der Waals surface area contributed by atoms with Gasteiger partial charge < -0.3 is 10.3 Å². The van der Waals surface area contributed by atoms with E-state index in [0.29, 0.717) is 23.6 Å². The van der Waals surface area contributed by atoms with Crippen LogP contribution in [0.1, 0.15) is 16.2 Å². The smallest absolute Gasteiger partial charge is 0.253 e. The molecule has 2 N–H and O–H groups in total. The molecule has 1 amide bonds. The molecule has 8 heteroatoms. The number of amides is 1. The van der Waals surface area contributed by atoms with E-state index in [-0.39, 0.29) is 5.91 Å². The predicted molar refractivity (Wildman–Crippen MR) is 78.8 cm³/mol. The highest BCUT2D eigenvalue weighted by Gasteiger charge is 2.14. The van der Waals surface area contributed by atoms with E-state index in [0.717, 1.165) is 4.47 Å². The zero-order valence-corrected chi connectivity index (χ0v) is 12.4. The quantitative estimate of drug-likeness (QED) is 0.752. The van der Waals surface area contributed by atoms with Crippen molar-refractivity contribution in [2.75, 3.05) is 0 Å². The van der Waals surface area contributed by atoms with Gasteiger partial charge in [-0.05, 0) is 18.2 Å². The second-order valence-electron chi connectivity index (χ2n) is 4.22. The Hall–Kier alpha value is -2.48. The average molecular weight is 347 g/mol. The van der Waals surface area contributed by atoms with Gasteiger partial charge in [0.15, 0.2) is 0 Å². The number of aromatic nitrogens is 5. The summed E-state index contributed by atoms with van der Waals surface area (Å²) in [5, 5.41) is 6.88. The SMILES string of the molecule is O=C(NCc1ncc[nH]1)c1ccc(Br)cc1-n1cncn1. The van der Waals surface area contributed by atoms with Crippen LogP contribution in [0, 0.1) is 0 Å². The summed E-state index contributed by atoms with van der Waals surface area (Å²) in [4.78, 5) is 23.2. The van der Waals surface area contributed by atoms with Crippen molar-refractivity contribution in [1.29, 1.82) is 0 Å². The number of hydrogen-bond acceptors (Lipinski definition) is 4. The zero-order chi connectivity index (χ0) is 14.7. The van der Waals surface area contributed by atoms with E-state index in [1.807, 2.05) is 12.1 Å². The monoisotopic (exact) mass is 346 g/mol. The van der Waals surface area contributed by atoms with Crippen molar-refractivity contribution in [2.24, 2.45) is 0 Å². The minimum absolute atomic E-state index is 0.204. The van der Waals surface area contributed by atoms with Gasteiger partial charge in [-0.15, -0.1) is 0 Å². The highest BCUT2D eigenvalue weighted by atomic mass is 79.9. The molecule has 0 unspecified atom stereocenters. The van der Waals surface area contributed by atoms with Crippen molar-refractivity contribution in [3.63, 3.8) is 0 Å². The lowest BCUT2D eigenvalue weighted by molar-refractivity contribution is 0.0950. The Morgan fingerprint density at radius 1 is 1.43 bits per heavy atom. The predicted octanol–water partition coefficient (Wildman–Crippen LogP) is 1.68. The average Bonchev–Trinajstić information content (AvgIpc) is 3.18. The lowest BCUT2D eigenvalue weighted by Gasteiger charge is -2.10. The summed E-state index contributed by atoms with van der Waals surface area (Å²) in [6, 6.07) is 5.36. The van der Waals surface area contributed by atoms with E-state index in [1.165, 1.54) is 6.33 Å². The zero-order valence-electron chi connectivity index (χ0n) is 10.8. The van der Waals surface area contributed by atoms with Gasteiger partial charge in [-0.1, -0.05) is 15.9 Å². The van der Waals surface area contributed by atoms with Gasteiger partial charge in [0, 0.05) is 16.9 Å². The van der Waals surface area contributed by atoms with Crippen LogP contribution in [0.4, 0.5) is 0 Å². The van der Waals surface area contributed by atoms with E-state index < -0.39 is 0 Å². The molecule has 0 spiro atoms. The first-order valence-electron chi connectivity index (χ1n) is 6.15. The van der Waals surface area contributed by atoms with E-state index in [2.05, 4.69) is 41.3 Å². The van der Waals surface area contributed by atoms with Crippen molar-refractivity contribution in [1.82, 2.24) is 30.0 Å². The summed E-state index contributed by atoms with van der Waals surface area (Å²) in [6.45, 7) is 0.332. The van der Waals surface area contributed by atoms with Crippen molar-refractivity contribution in [3.05, 3.63) is 59.1 Å². The molecule has 106 valence electrons. The van der Waals surface area contributed by atoms with E-state index in [4.69, 9.17) is 0 Å². The number of imidazole rings is 1. The maximum absolute atomic E-state index is 12.3. The van der Waals surface area contributed by atoms with E-state index in [9.17, 15) is 4.79 Å². The summed E-state index contributed by atoms with van der Waals surface area (Å²) in [5.74, 6) is 0.493.